The zero-order valence-corrected chi connectivity index (χ0v) is 20.9. The van der Waals surface area contributed by atoms with E-state index in [0.717, 1.165) is 59.8 Å². The van der Waals surface area contributed by atoms with Gasteiger partial charge in [0.2, 0.25) is 5.95 Å². The molecule has 176 valence electrons. The Morgan fingerprint density at radius 3 is 2.67 bits per heavy atom. The minimum atomic E-state index is -0.0111. The number of nitrogens with zero attached hydrogens (tertiary/aromatic N) is 2. The molecule has 3 aromatic heterocycles. The summed E-state index contributed by atoms with van der Waals surface area (Å²) in [7, 11) is 0. The quantitative estimate of drug-likeness (QED) is 0.377. The van der Waals surface area contributed by atoms with E-state index >= 15 is 0 Å². The number of amides is 1. The third kappa shape index (κ3) is 5.47. The number of anilines is 3. The number of rotatable bonds is 6. The smallest absolute Gasteiger partial charge is 0.252 e. The number of hydrogen-bond donors (Lipinski definition) is 4. The van der Waals surface area contributed by atoms with Crippen LogP contribution < -0.4 is 21.3 Å². The fourth-order valence-corrected chi connectivity index (χ4v) is 6.18. The average Bonchev–Trinajstić information content (AvgIpc) is 3.46. The molecule has 0 radical (unpaired) electrons. The Kier molecular flexibility index (Phi) is 6.53. The molecule has 4 N–H and O–H groups in total. The van der Waals surface area contributed by atoms with Gasteiger partial charge in [-0.2, -0.15) is 4.98 Å². The van der Waals surface area contributed by atoms with Crippen LogP contribution in [-0.4, -0.2) is 41.0 Å². The third-order valence-corrected chi connectivity index (χ3v) is 8.51. The lowest BCUT2D eigenvalue weighted by atomic mass is 9.75. The molecule has 4 heterocycles. The van der Waals surface area contributed by atoms with Gasteiger partial charge in [-0.1, -0.05) is 13.8 Å². The third-order valence-electron chi connectivity index (χ3n) is 6.75. The van der Waals surface area contributed by atoms with Crippen molar-refractivity contribution in [3.63, 3.8) is 0 Å². The molecule has 7 nitrogen and oxygen atoms in total. The minimum absolute atomic E-state index is 0.0111. The van der Waals surface area contributed by atoms with Gasteiger partial charge in [0.15, 0.2) is 0 Å². The van der Waals surface area contributed by atoms with Crippen molar-refractivity contribution in [2.75, 3.05) is 23.7 Å². The number of carbonyl (C=O) groups is 1. The fraction of sp³-hybridized carbons (Fsp3) is 0.542. The highest BCUT2D eigenvalue weighted by Crippen LogP contribution is 2.37. The van der Waals surface area contributed by atoms with Gasteiger partial charge in [0.25, 0.3) is 5.91 Å². The molecule has 5 rings (SSSR count). The summed E-state index contributed by atoms with van der Waals surface area (Å²) in [5, 5.41) is 18.3. The zero-order valence-electron chi connectivity index (χ0n) is 19.2. The first-order valence-electron chi connectivity index (χ1n) is 11.8. The lowest BCUT2D eigenvalue weighted by Crippen LogP contribution is -2.42. The van der Waals surface area contributed by atoms with Crippen LogP contribution in [0.4, 0.5) is 16.8 Å². The van der Waals surface area contributed by atoms with Crippen molar-refractivity contribution in [3.05, 3.63) is 28.5 Å². The highest BCUT2D eigenvalue weighted by atomic mass is 32.1. The number of piperidine rings is 1. The van der Waals surface area contributed by atoms with Crippen LogP contribution in [0.15, 0.2) is 22.9 Å². The van der Waals surface area contributed by atoms with Gasteiger partial charge in [0, 0.05) is 17.5 Å². The number of nitrogens with one attached hydrogen (secondary N) is 4. The summed E-state index contributed by atoms with van der Waals surface area (Å²) in [5.41, 5.74) is 2.06. The number of carbonyl (C=O) groups excluding carboxylic acids is 1. The molecule has 1 saturated carbocycles. The monoisotopic (exact) mass is 484 g/mol. The van der Waals surface area contributed by atoms with E-state index in [1.165, 1.54) is 24.2 Å². The van der Waals surface area contributed by atoms with E-state index in [9.17, 15) is 4.79 Å². The van der Waals surface area contributed by atoms with Gasteiger partial charge in [-0.05, 0) is 74.5 Å². The van der Waals surface area contributed by atoms with Crippen molar-refractivity contribution in [2.24, 2.45) is 5.41 Å². The van der Waals surface area contributed by atoms with Crippen LogP contribution in [0.3, 0.4) is 0 Å². The first-order chi connectivity index (χ1) is 15.9. The maximum atomic E-state index is 12.6. The topological polar surface area (TPSA) is 91.0 Å². The van der Waals surface area contributed by atoms with Gasteiger partial charge in [0.05, 0.1) is 20.8 Å². The second kappa shape index (κ2) is 9.56. The fourth-order valence-electron chi connectivity index (χ4n) is 4.62. The largest absolute Gasteiger partial charge is 0.366 e. The Balaban J connectivity index is 1.28. The van der Waals surface area contributed by atoms with E-state index in [1.807, 2.05) is 17.5 Å². The van der Waals surface area contributed by atoms with Crippen molar-refractivity contribution in [3.8, 4) is 0 Å². The van der Waals surface area contributed by atoms with E-state index in [2.05, 4.69) is 40.5 Å². The van der Waals surface area contributed by atoms with Gasteiger partial charge < -0.3 is 21.3 Å². The lowest BCUT2D eigenvalue weighted by molar-refractivity contribution is 0.0930. The van der Waals surface area contributed by atoms with E-state index in [0.29, 0.717) is 23.0 Å². The number of aromatic nitrogens is 2. The molecule has 1 aliphatic carbocycles. The number of hydrogen-bond acceptors (Lipinski definition) is 8. The summed E-state index contributed by atoms with van der Waals surface area (Å²) >= 11 is 3.17. The zero-order chi connectivity index (χ0) is 22.8. The van der Waals surface area contributed by atoms with Crippen LogP contribution in [0.25, 0.3) is 10.2 Å². The molecule has 2 fully saturated rings. The molecule has 0 unspecified atom stereocenters. The average molecular weight is 485 g/mol. The maximum absolute atomic E-state index is 12.6. The Morgan fingerprint density at radius 2 is 1.88 bits per heavy atom. The molecular weight excluding hydrogens is 452 g/mol. The van der Waals surface area contributed by atoms with Gasteiger partial charge in [0.1, 0.15) is 5.82 Å². The molecule has 0 aromatic carbocycles. The summed E-state index contributed by atoms with van der Waals surface area (Å²) in [6.45, 7) is 6.63. The first-order valence-corrected chi connectivity index (χ1v) is 13.6. The molecule has 0 spiro atoms. The molecule has 33 heavy (non-hydrogen) atoms. The Hall–Kier alpha value is -2.23. The predicted octanol–water partition coefficient (Wildman–Crippen LogP) is 5.36. The van der Waals surface area contributed by atoms with Crippen LogP contribution in [0.2, 0.25) is 0 Å². The van der Waals surface area contributed by atoms with Crippen LogP contribution in [-0.2, 0) is 0 Å². The van der Waals surface area contributed by atoms with Crippen LogP contribution in [0.1, 0.15) is 62.7 Å². The summed E-state index contributed by atoms with van der Waals surface area (Å²) in [6, 6.07) is 4.61. The van der Waals surface area contributed by atoms with Crippen molar-refractivity contribution < 1.29 is 4.79 Å². The maximum Gasteiger partial charge on any atom is 0.252 e. The summed E-state index contributed by atoms with van der Waals surface area (Å²) in [5.74, 6) is 1.46. The summed E-state index contributed by atoms with van der Waals surface area (Å²) < 4.78 is 1.10. The van der Waals surface area contributed by atoms with Crippen molar-refractivity contribution in [2.45, 2.75) is 64.5 Å². The van der Waals surface area contributed by atoms with Gasteiger partial charge in [-0.3, -0.25) is 4.79 Å². The van der Waals surface area contributed by atoms with E-state index in [-0.39, 0.29) is 11.9 Å². The second-order valence-corrected chi connectivity index (χ2v) is 11.8. The molecule has 1 saturated heterocycles. The molecule has 0 bridgehead atoms. The van der Waals surface area contributed by atoms with E-state index < -0.39 is 0 Å². The molecule has 1 amide bonds. The number of fused-ring (bicyclic) bond motifs is 1. The number of thiophene rings is 2. The molecule has 0 atom stereocenters. The van der Waals surface area contributed by atoms with Crippen LogP contribution in [0, 0.1) is 5.41 Å². The Bertz CT molecular complexity index is 1110. The highest BCUT2D eigenvalue weighted by Gasteiger charge is 2.27. The summed E-state index contributed by atoms with van der Waals surface area (Å²) in [6.07, 6.45) is 6.73. The molecule has 1 aliphatic heterocycles. The molecule has 2 aliphatic rings. The van der Waals surface area contributed by atoms with Crippen LogP contribution >= 0.6 is 22.7 Å². The van der Waals surface area contributed by atoms with E-state index in [1.54, 1.807) is 11.3 Å². The highest BCUT2D eigenvalue weighted by molar-refractivity contribution is 7.17. The van der Waals surface area contributed by atoms with Gasteiger partial charge in [-0.15, -0.1) is 22.7 Å². The molecule has 3 aromatic rings. The first kappa shape index (κ1) is 22.6. The van der Waals surface area contributed by atoms with Gasteiger partial charge in [-0.25, -0.2) is 4.98 Å². The van der Waals surface area contributed by atoms with Crippen molar-refractivity contribution in [1.82, 2.24) is 20.6 Å². The SMILES string of the molecule is CC1(C)CCC(Nc2nc(Nc3cc(C(=O)NC4CCNCC4)cs3)nc3ccsc23)CC1. The Morgan fingerprint density at radius 1 is 1.09 bits per heavy atom. The Labute approximate surface area is 202 Å². The minimum Gasteiger partial charge on any atom is -0.366 e. The van der Waals surface area contributed by atoms with Crippen molar-refractivity contribution in [1.29, 1.82) is 0 Å². The second-order valence-electron chi connectivity index (χ2n) is 9.94. The standard InChI is InChI=1S/C24H32N6OS2/c1-24(2)8-3-16(4-9-24)26-21-20-18(7-12-32-20)28-23(30-21)29-19-13-15(14-33-19)22(31)27-17-5-10-25-11-6-17/h7,12-14,16-17,25H,3-6,8-11H2,1-2H3,(H,27,31)(H2,26,28,29,30). The van der Waals surface area contributed by atoms with Gasteiger partial charge >= 0.3 is 0 Å². The predicted molar refractivity (Wildman–Crippen MR) is 138 cm³/mol. The molecule has 9 heteroatoms. The van der Waals surface area contributed by atoms with E-state index in [4.69, 9.17) is 9.97 Å². The summed E-state index contributed by atoms with van der Waals surface area (Å²) in [4.78, 5) is 22.2. The normalized spacial score (nSPS) is 19.5. The van der Waals surface area contributed by atoms with Crippen molar-refractivity contribution >= 4 is 55.6 Å². The molecular formula is C24H32N6OS2. The lowest BCUT2D eigenvalue weighted by Gasteiger charge is -2.34. The van der Waals surface area contributed by atoms with Crippen LogP contribution in [0.5, 0.6) is 0 Å².